The van der Waals surface area contributed by atoms with Crippen LogP contribution in [0.25, 0.3) is 34.0 Å². The standard InChI is InChI=1S/C32H42N2O4Si2/c1-33-25-15-11-9-13-23(25)29(31(35)37-19-21-39(3,4)5)27(33)17-18-28-30(32(36)38-20-22-40(6,7)8)24-14-10-12-16-26(24)34(28)2/h9-18H,19-22H2,1-8H3/b18-17-. The Bertz CT molecular complexity index is 1460. The van der Waals surface area contributed by atoms with Crippen LogP contribution in [0.2, 0.25) is 51.4 Å². The van der Waals surface area contributed by atoms with Crippen LogP contribution in [0.5, 0.6) is 0 Å². The number of rotatable bonds is 10. The van der Waals surface area contributed by atoms with Crippen molar-refractivity contribution in [3.63, 3.8) is 0 Å². The largest absolute Gasteiger partial charge is 0.462 e. The molecule has 4 aromatic rings. The smallest absolute Gasteiger partial charge is 0.340 e. The lowest BCUT2D eigenvalue weighted by Gasteiger charge is -2.15. The maximum absolute atomic E-state index is 13.4. The average Bonchev–Trinajstić information content (AvgIpc) is 3.32. The van der Waals surface area contributed by atoms with Gasteiger partial charge in [0.15, 0.2) is 0 Å². The molecule has 6 nitrogen and oxygen atoms in total. The minimum atomic E-state index is -1.35. The quantitative estimate of drug-likeness (QED) is 0.143. The van der Waals surface area contributed by atoms with Crippen molar-refractivity contribution in [2.24, 2.45) is 14.1 Å². The molecular weight excluding hydrogens is 533 g/mol. The Kier molecular flexibility index (Phi) is 8.61. The number of esters is 2. The van der Waals surface area contributed by atoms with E-state index in [1.165, 1.54) is 0 Å². The second kappa shape index (κ2) is 11.6. The van der Waals surface area contributed by atoms with Crippen molar-refractivity contribution in [2.45, 2.75) is 51.4 Å². The van der Waals surface area contributed by atoms with Crippen molar-refractivity contribution in [3.05, 3.63) is 71.0 Å². The van der Waals surface area contributed by atoms with E-state index in [2.05, 4.69) is 39.3 Å². The Morgan fingerprint density at radius 3 is 1.35 bits per heavy atom. The molecule has 2 aromatic carbocycles. The zero-order valence-electron chi connectivity index (χ0n) is 25.1. The van der Waals surface area contributed by atoms with Gasteiger partial charge in [0.25, 0.3) is 0 Å². The van der Waals surface area contributed by atoms with Gasteiger partial charge in [-0.25, -0.2) is 9.59 Å². The van der Waals surface area contributed by atoms with Crippen LogP contribution >= 0.6 is 0 Å². The zero-order valence-corrected chi connectivity index (χ0v) is 27.1. The molecular formula is C32H42N2O4Si2. The number of aryl methyl sites for hydroxylation is 2. The number of nitrogens with zero attached hydrogens (tertiary/aromatic N) is 2. The van der Waals surface area contributed by atoms with Gasteiger partial charge in [-0.15, -0.1) is 0 Å². The number of fused-ring (bicyclic) bond motifs is 2. The topological polar surface area (TPSA) is 62.5 Å². The van der Waals surface area contributed by atoms with E-state index in [4.69, 9.17) is 9.47 Å². The number of ether oxygens (including phenoxy) is 2. The highest BCUT2D eigenvalue weighted by Gasteiger charge is 2.25. The molecule has 40 heavy (non-hydrogen) atoms. The summed E-state index contributed by atoms with van der Waals surface area (Å²) in [5.41, 5.74) is 4.46. The van der Waals surface area contributed by atoms with Crippen molar-refractivity contribution >= 4 is 62.0 Å². The first-order valence-corrected chi connectivity index (χ1v) is 21.4. The van der Waals surface area contributed by atoms with Crippen LogP contribution < -0.4 is 0 Å². The van der Waals surface area contributed by atoms with E-state index >= 15 is 0 Å². The van der Waals surface area contributed by atoms with Gasteiger partial charge in [0, 0.05) is 52.0 Å². The van der Waals surface area contributed by atoms with Crippen molar-refractivity contribution in [1.29, 1.82) is 0 Å². The molecule has 8 heteroatoms. The molecule has 4 rings (SSSR count). The molecule has 0 aliphatic carbocycles. The van der Waals surface area contributed by atoms with Crippen LogP contribution in [0.3, 0.4) is 0 Å². The first-order chi connectivity index (χ1) is 18.8. The Labute approximate surface area is 239 Å². The molecule has 0 bridgehead atoms. The second-order valence-electron chi connectivity index (χ2n) is 12.9. The average molecular weight is 575 g/mol. The highest BCUT2D eigenvalue weighted by molar-refractivity contribution is 6.76. The molecule has 0 aliphatic rings. The summed E-state index contributed by atoms with van der Waals surface area (Å²) in [4.78, 5) is 26.9. The molecule has 0 saturated heterocycles. The van der Waals surface area contributed by atoms with Crippen LogP contribution in [0.1, 0.15) is 32.1 Å². The molecule has 2 heterocycles. The van der Waals surface area contributed by atoms with Gasteiger partial charge >= 0.3 is 11.9 Å². The molecule has 0 radical (unpaired) electrons. The SMILES string of the molecule is Cn1c(/C=C\c2c(C(=O)OCC[Si](C)(C)C)c3ccccc3n2C)c(C(=O)OCC[Si](C)(C)C)c2ccccc21. The summed E-state index contributed by atoms with van der Waals surface area (Å²) in [6, 6.07) is 17.6. The van der Waals surface area contributed by atoms with Crippen molar-refractivity contribution < 1.29 is 19.1 Å². The van der Waals surface area contributed by atoms with Gasteiger partial charge in [-0.3, -0.25) is 0 Å². The van der Waals surface area contributed by atoms with Crippen molar-refractivity contribution in [1.82, 2.24) is 9.13 Å². The van der Waals surface area contributed by atoms with Gasteiger partial charge in [0.05, 0.1) is 35.7 Å². The van der Waals surface area contributed by atoms with Crippen molar-refractivity contribution in [2.75, 3.05) is 13.2 Å². The van der Waals surface area contributed by atoms with Crippen LogP contribution in [-0.2, 0) is 23.6 Å². The van der Waals surface area contributed by atoms with E-state index in [1.54, 1.807) is 0 Å². The third kappa shape index (κ3) is 6.50. The Morgan fingerprint density at radius 2 is 1.00 bits per heavy atom. The summed E-state index contributed by atoms with van der Waals surface area (Å²) in [5.74, 6) is -0.643. The Morgan fingerprint density at radius 1 is 0.650 bits per heavy atom. The number of benzene rings is 2. The second-order valence-corrected chi connectivity index (χ2v) is 24.1. The first kappa shape index (κ1) is 29.6. The molecule has 0 atom stereocenters. The normalized spacial score (nSPS) is 12.5. The van der Waals surface area contributed by atoms with Crippen LogP contribution in [0.4, 0.5) is 0 Å². The molecule has 0 aliphatic heterocycles. The predicted octanol–water partition coefficient (Wildman–Crippen LogP) is 7.83. The van der Waals surface area contributed by atoms with Gasteiger partial charge in [-0.1, -0.05) is 75.7 Å². The molecule has 0 unspecified atom stereocenters. The minimum Gasteiger partial charge on any atom is -0.462 e. The number of carbonyl (C=O) groups excluding carboxylic acids is 2. The lowest BCUT2D eigenvalue weighted by atomic mass is 10.1. The van der Waals surface area contributed by atoms with E-state index in [-0.39, 0.29) is 11.9 Å². The van der Waals surface area contributed by atoms with Gasteiger partial charge in [0.2, 0.25) is 0 Å². The monoisotopic (exact) mass is 574 g/mol. The summed E-state index contributed by atoms with van der Waals surface area (Å²) in [6.07, 6.45) is 3.84. The molecule has 0 saturated carbocycles. The van der Waals surface area contributed by atoms with Gasteiger partial charge in [0.1, 0.15) is 0 Å². The molecule has 0 N–H and O–H groups in total. The molecule has 0 amide bonds. The van der Waals surface area contributed by atoms with Crippen LogP contribution in [-0.4, -0.2) is 50.4 Å². The van der Waals surface area contributed by atoms with Gasteiger partial charge in [-0.05, 0) is 36.4 Å². The molecule has 2 aromatic heterocycles. The maximum atomic E-state index is 13.4. The van der Waals surface area contributed by atoms with E-state index < -0.39 is 16.1 Å². The van der Waals surface area contributed by atoms with Crippen molar-refractivity contribution in [3.8, 4) is 0 Å². The maximum Gasteiger partial charge on any atom is 0.340 e. The summed E-state index contributed by atoms with van der Waals surface area (Å²) < 4.78 is 15.6. The Balaban J connectivity index is 1.76. The van der Waals surface area contributed by atoms with E-state index in [9.17, 15) is 9.59 Å². The number of hydrogen-bond donors (Lipinski definition) is 0. The fourth-order valence-corrected chi connectivity index (χ4v) is 6.28. The first-order valence-electron chi connectivity index (χ1n) is 14.0. The summed E-state index contributed by atoms with van der Waals surface area (Å²) in [6.45, 7) is 14.4. The zero-order chi connectivity index (χ0) is 29.2. The van der Waals surface area contributed by atoms with E-state index in [0.717, 1.165) is 45.3 Å². The third-order valence-corrected chi connectivity index (χ3v) is 10.7. The number of carbonyl (C=O) groups is 2. The fraction of sp³-hybridized carbons (Fsp3) is 0.375. The summed E-state index contributed by atoms with van der Waals surface area (Å²) in [5, 5.41) is 1.70. The highest BCUT2D eigenvalue weighted by atomic mass is 28.3. The summed E-state index contributed by atoms with van der Waals surface area (Å²) >= 11 is 0. The third-order valence-electron chi connectivity index (χ3n) is 7.28. The van der Waals surface area contributed by atoms with Gasteiger partial charge in [-0.2, -0.15) is 0 Å². The predicted molar refractivity (Wildman–Crippen MR) is 172 cm³/mol. The molecule has 0 spiro atoms. The Hall–Kier alpha value is -3.37. The number of aromatic nitrogens is 2. The lowest BCUT2D eigenvalue weighted by molar-refractivity contribution is 0.0517. The molecule has 212 valence electrons. The van der Waals surface area contributed by atoms with E-state index in [0.29, 0.717) is 24.3 Å². The van der Waals surface area contributed by atoms with E-state index in [1.807, 2.05) is 83.9 Å². The summed E-state index contributed by atoms with van der Waals surface area (Å²) in [7, 11) is 1.21. The fourth-order valence-electron chi connectivity index (χ4n) is 4.85. The highest BCUT2D eigenvalue weighted by Crippen LogP contribution is 2.31. The number of para-hydroxylation sites is 2. The lowest BCUT2D eigenvalue weighted by Crippen LogP contribution is -2.23. The van der Waals surface area contributed by atoms with Crippen LogP contribution in [0, 0.1) is 0 Å². The van der Waals surface area contributed by atoms with Gasteiger partial charge < -0.3 is 18.6 Å². The number of hydrogen-bond acceptors (Lipinski definition) is 4. The van der Waals surface area contributed by atoms with Crippen LogP contribution in [0.15, 0.2) is 48.5 Å². The molecule has 0 fully saturated rings. The minimum absolute atomic E-state index is 0.322.